The van der Waals surface area contributed by atoms with Gasteiger partial charge in [0.05, 0.1) is 5.52 Å². The van der Waals surface area contributed by atoms with Gasteiger partial charge in [-0.05, 0) is 12.1 Å². The smallest absolute Gasteiger partial charge is 0.212 e. The summed E-state index contributed by atoms with van der Waals surface area (Å²) < 4.78 is 0. The van der Waals surface area contributed by atoms with Gasteiger partial charge in [-0.3, -0.25) is 4.79 Å². The average Bonchev–Trinajstić information content (AvgIpc) is 2.18. The number of benzene rings is 1. The van der Waals surface area contributed by atoms with Gasteiger partial charge in [0, 0.05) is 11.5 Å². The maximum atomic E-state index is 10.2. The molecule has 0 saturated heterocycles. The Labute approximate surface area is 80.2 Å². The van der Waals surface area contributed by atoms with Crippen molar-refractivity contribution in [2.24, 2.45) is 0 Å². The highest BCUT2D eigenvalue weighted by Gasteiger charge is 2.02. The van der Waals surface area contributed by atoms with Gasteiger partial charge in [-0.25, -0.2) is 4.98 Å². The van der Waals surface area contributed by atoms with E-state index in [4.69, 9.17) is 0 Å². The molecule has 2 aromatic rings. The van der Waals surface area contributed by atoms with E-state index in [0.717, 1.165) is 0 Å². The van der Waals surface area contributed by atoms with Crippen LogP contribution in [0.4, 0.5) is 5.82 Å². The van der Waals surface area contributed by atoms with E-state index in [1.54, 1.807) is 12.1 Å². The van der Waals surface area contributed by atoms with Crippen molar-refractivity contribution >= 4 is 23.1 Å². The van der Waals surface area contributed by atoms with Crippen molar-refractivity contribution in [3.63, 3.8) is 0 Å². The van der Waals surface area contributed by atoms with E-state index < -0.39 is 0 Å². The standard InChI is InChI=1S/C10H8N2O2/c13-6-11-10-5-9(14)7-3-1-2-4-8(7)12-10/h1-6H,(H2,11,12,13,14). The first-order valence-corrected chi connectivity index (χ1v) is 4.10. The molecule has 0 saturated carbocycles. The Morgan fingerprint density at radius 2 is 2.14 bits per heavy atom. The van der Waals surface area contributed by atoms with Gasteiger partial charge in [-0.15, -0.1) is 0 Å². The van der Waals surface area contributed by atoms with Gasteiger partial charge in [-0.2, -0.15) is 0 Å². The molecular formula is C10H8N2O2. The fourth-order valence-corrected chi connectivity index (χ4v) is 1.29. The van der Waals surface area contributed by atoms with Crippen LogP contribution in [0.15, 0.2) is 30.3 Å². The fraction of sp³-hybridized carbons (Fsp3) is 0. The van der Waals surface area contributed by atoms with E-state index in [-0.39, 0.29) is 5.75 Å². The van der Waals surface area contributed by atoms with Crippen LogP contribution in [-0.2, 0) is 4.79 Å². The summed E-state index contributed by atoms with van der Waals surface area (Å²) in [5.74, 6) is 0.455. The first-order chi connectivity index (χ1) is 6.81. The van der Waals surface area contributed by atoms with E-state index in [2.05, 4.69) is 10.3 Å². The zero-order valence-corrected chi connectivity index (χ0v) is 7.27. The highest BCUT2D eigenvalue weighted by molar-refractivity contribution is 5.87. The number of amides is 1. The predicted octanol–water partition coefficient (Wildman–Crippen LogP) is 1.51. The summed E-state index contributed by atoms with van der Waals surface area (Å²) in [6.07, 6.45) is 0.524. The van der Waals surface area contributed by atoms with E-state index in [1.807, 2.05) is 12.1 Å². The number of nitrogens with one attached hydrogen (secondary N) is 1. The lowest BCUT2D eigenvalue weighted by atomic mass is 10.2. The second-order valence-electron chi connectivity index (χ2n) is 2.81. The first kappa shape index (κ1) is 8.50. The minimum atomic E-state index is 0.111. The van der Waals surface area contributed by atoms with Crippen molar-refractivity contribution in [2.75, 3.05) is 5.32 Å². The summed E-state index contributed by atoms with van der Waals surface area (Å²) >= 11 is 0. The van der Waals surface area contributed by atoms with E-state index in [0.29, 0.717) is 23.1 Å². The van der Waals surface area contributed by atoms with Crippen LogP contribution < -0.4 is 5.32 Å². The second kappa shape index (κ2) is 3.33. The minimum absolute atomic E-state index is 0.111. The number of para-hydroxylation sites is 1. The van der Waals surface area contributed by atoms with Crippen LogP contribution in [0.3, 0.4) is 0 Å². The number of pyridine rings is 1. The molecule has 0 bridgehead atoms. The van der Waals surface area contributed by atoms with Crippen molar-refractivity contribution in [1.29, 1.82) is 0 Å². The van der Waals surface area contributed by atoms with Crippen LogP contribution >= 0.6 is 0 Å². The lowest BCUT2D eigenvalue weighted by Gasteiger charge is -2.03. The van der Waals surface area contributed by atoms with Crippen molar-refractivity contribution < 1.29 is 9.90 Å². The highest BCUT2D eigenvalue weighted by atomic mass is 16.3. The molecule has 4 nitrogen and oxygen atoms in total. The normalized spacial score (nSPS) is 10.0. The average molecular weight is 188 g/mol. The van der Waals surface area contributed by atoms with Crippen LogP contribution in [0, 0.1) is 0 Å². The molecule has 0 aliphatic carbocycles. The van der Waals surface area contributed by atoms with Crippen molar-refractivity contribution in [1.82, 2.24) is 4.98 Å². The maximum Gasteiger partial charge on any atom is 0.212 e. The molecule has 1 aromatic heterocycles. The van der Waals surface area contributed by atoms with Crippen molar-refractivity contribution in [3.05, 3.63) is 30.3 Å². The third kappa shape index (κ3) is 1.37. The largest absolute Gasteiger partial charge is 0.507 e. The van der Waals surface area contributed by atoms with Gasteiger partial charge in [0.2, 0.25) is 6.41 Å². The molecule has 0 spiro atoms. The molecule has 0 fully saturated rings. The molecule has 0 atom stereocenters. The van der Waals surface area contributed by atoms with Gasteiger partial charge < -0.3 is 10.4 Å². The number of anilines is 1. The van der Waals surface area contributed by atoms with Gasteiger partial charge in [0.15, 0.2) is 0 Å². The SMILES string of the molecule is O=CNc1cc(O)c2ccccc2n1. The van der Waals surface area contributed by atoms with E-state index in [1.165, 1.54) is 6.07 Å². The Morgan fingerprint density at radius 1 is 1.36 bits per heavy atom. The number of carbonyl (C=O) groups excluding carboxylic acids is 1. The number of nitrogens with zero attached hydrogens (tertiary/aromatic N) is 1. The summed E-state index contributed by atoms with van der Waals surface area (Å²) in [5, 5.41) is 12.6. The molecule has 1 heterocycles. The summed E-state index contributed by atoms with van der Waals surface area (Å²) in [4.78, 5) is 14.3. The topological polar surface area (TPSA) is 62.2 Å². The molecule has 0 aliphatic heterocycles. The molecule has 0 aliphatic rings. The van der Waals surface area contributed by atoms with Crippen LogP contribution in [0.25, 0.3) is 10.9 Å². The van der Waals surface area contributed by atoms with Gasteiger partial charge in [0.25, 0.3) is 0 Å². The number of rotatable bonds is 2. The predicted molar refractivity (Wildman–Crippen MR) is 53.1 cm³/mol. The zero-order valence-electron chi connectivity index (χ0n) is 7.27. The zero-order chi connectivity index (χ0) is 9.97. The summed E-state index contributed by atoms with van der Waals surface area (Å²) in [5.41, 5.74) is 0.650. The van der Waals surface area contributed by atoms with Crippen LogP contribution in [0.5, 0.6) is 5.75 Å². The molecule has 1 aromatic carbocycles. The first-order valence-electron chi connectivity index (χ1n) is 4.10. The number of hydrogen-bond acceptors (Lipinski definition) is 3. The molecule has 2 rings (SSSR count). The lowest BCUT2D eigenvalue weighted by Crippen LogP contribution is -1.96. The monoisotopic (exact) mass is 188 g/mol. The maximum absolute atomic E-state index is 10.2. The number of hydrogen-bond donors (Lipinski definition) is 2. The molecule has 70 valence electrons. The third-order valence-corrected chi connectivity index (χ3v) is 1.90. The highest BCUT2D eigenvalue weighted by Crippen LogP contribution is 2.25. The molecule has 2 N–H and O–H groups in total. The van der Waals surface area contributed by atoms with Crippen LogP contribution in [-0.4, -0.2) is 16.5 Å². The Balaban J connectivity index is 2.65. The van der Waals surface area contributed by atoms with Crippen LogP contribution in [0.1, 0.15) is 0 Å². The second-order valence-corrected chi connectivity index (χ2v) is 2.81. The Bertz CT molecular complexity index is 483. The summed E-state index contributed by atoms with van der Waals surface area (Å²) in [6, 6.07) is 8.58. The Kier molecular flexibility index (Phi) is 2.02. The number of fused-ring (bicyclic) bond motifs is 1. The number of aromatic nitrogens is 1. The lowest BCUT2D eigenvalue weighted by molar-refractivity contribution is -0.105. The van der Waals surface area contributed by atoms with E-state index >= 15 is 0 Å². The van der Waals surface area contributed by atoms with Crippen LogP contribution in [0.2, 0.25) is 0 Å². The molecule has 1 amide bonds. The van der Waals surface area contributed by atoms with Crippen molar-refractivity contribution in [3.8, 4) is 5.75 Å². The van der Waals surface area contributed by atoms with Gasteiger partial charge in [0.1, 0.15) is 11.6 Å². The summed E-state index contributed by atoms with van der Waals surface area (Å²) in [6.45, 7) is 0. The third-order valence-electron chi connectivity index (χ3n) is 1.90. The van der Waals surface area contributed by atoms with Gasteiger partial charge in [-0.1, -0.05) is 12.1 Å². The Morgan fingerprint density at radius 3 is 2.93 bits per heavy atom. The van der Waals surface area contributed by atoms with Crippen molar-refractivity contribution in [2.45, 2.75) is 0 Å². The molecule has 14 heavy (non-hydrogen) atoms. The fourth-order valence-electron chi connectivity index (χ4n) is 1.29. The molecule has 4 heteroatoms. The molecule has 0 radical (unpaired) electrons. The quantitative estimate of drug-likeness (QED) is 0.702. The number of aromatic hydroxyl groups is 1. The number of carbonyl (C=O) groups is 1. The van der Waals surface area contributed by atoms with E-state index in [9.17, 15) is 9.90 Å². The molecular weight excluding hydrogens is 180 g/mol. The van der Waals surface area contributed by atoms with Gasteiger partial charge >= 0.3 is 0 Å². The Hall–Kier alpha value is -2.10. The minimum Gasteiger partial charge on any atom is -0.507 e. The summed E-state index contributed by atoms with van der Waals surface area (Å²) in [7, 11) is 0. The molecule has 0 unspecified atom stereocenters.